The molecule has 0 bridgehead atoms. The van der Waals surface area contributed by atoms with Gasteiger partial charge < -0.3 is 15.7 Å². The van der Waals surface area contributed by atoms with Crippen LogP contribution in [0.25, 0.3) is 0 Å². The number of benzene rings is 1. The molecule has 0 aliphatic heterocycles. The number of nitrogens with zero attached hydrogens (tertiary/aromatic N) is 1. The van der Waals surface area contributed by atoms with Crippen LogP contribution >= 0.6 is 11.3 Å². The third-order valence-electron chi connectivity index (χ3n) is 4.56. The Morgan fingerprint density at radius 3 is 2.79 bits per heavy atom. The van der Waals surface area contributed by atoms with Crippen molar-refractivity contribution in [1.29, 1.82) is 0 Å². The zero-order chi connectivity index (χ0) is 16.8. The normalized spacial score (nSPS) is 21.5. The summed E-state index contributed by atoms with van der Waals surface area (Å²) in [6.07, 6.45) is 5.00. The number of aromatic hydroxyl groups is 1. The summed E-state index contributed by atoms with van der Waals surface area (Å²) in [4.78, 5) is 5.95. The number of phenols is 1. The minimum atomic E-state index is 0.236. The largest absolute Gasteiger partial charge is 0.506 e. The quantitative estimate of drug-likeness (QED) is 0.432. The predicted molar refractivity (Wildman–Crippen MR) is 102 cm³/mol. The highest BCUT2D eigenvalue weighted by Gasteiger charge is 2.22. The summed E-state index contributed by atoms with van der Waals surface area (Å²) in [5.74, 6) is 1.61. The number of guanidine groups is 1. The maximum atomic E-state index is 10.0. The second kappa shape index (κ2) is 8.20. The van der Waals surface area contributed by atoms with Crippen molar-refractivity contribution in [2.45, 2.75) is 45.2 Å². The van der Waals surface area contributed by atoms with E-state index in [0.717, 1.165) is 5.96 Å². The Morgan fingerprint density at radius 1 is 1.21 bits per heavy atom. The Balaban J connectivity index is 1.74. The van der Waals surface area contributed by atoms with Gasteiger partial charge in [0.25, 0.3) is 0 Å². The molecule has 1 fully saturated rings. The number of thiophene rings is 1. The Bertz CT molecular complexity index is 669. The zero-order valence-electron chi connectivity index (χ0n) is 14.0. The van der Waals surface area contributed by atoms with Gasteiger partial charge in [-0.3, -0.25) is 0 Å². The summed E-state index contributed by atoms with van der Waals surface area (Å²) in [6, 6.07) is 11.8. The summed E-state index contributed by atoms with van der Waals surface area (Å²) in [5.41, 5.74) is 0.679. The van der Waals surface area contributed by atoms with Crippen LogP contribution in [0.1, 0.15) is 37.5 Å². The first-order valence-corrected chi connectivity index (χ1v) is 9.49. The van der Waals surface area contributed by atoms with Gasteiger partial charge in [-0.25, -0.2) is 4.99 Å². The highest BCUT2D eigenvalue weighted by Crippen LogP contribution is 2.25. The van der Waals surface area contributed by atoms with Crippen LogP contribution in [-0.4, -0.2) is 17.1 Å². The van der Waals surface area contributed by atoms with Crippen molar-refractivity contribution in [3.63, 3.8) is 0 Å². The Morgan fingerprint density at radius 2 is 2.04 bits per heavy atom. The standard InChI is InChI=1S/C19H25N3OS/c1-14-7-2-3-9-16(14)21-19(20-13-15-8-6-12-24-15)22-17-10-4-5-11-18(17)23/h4-6,8,10-12,14,16,23H,2-3,7,9,13H2,1H3,(H2,20,21,22). The highest BCUT2D eigenvalue weighted by molar-refractivity contribution is 7.09. The van der Waals surface area contributed by atoms with Gasteiger partial charge >= 0.3 is 0 Å². The van der Waals surface area contributed by atoms with Gasteiger partial charge in [0.1, 0.15) is 5.75 Å². The number of nitrogens with one attached hydrogen (secondary N) is 2. The molecule has 5 heteroatoms. The molecule has 1 saturated carbocycles. The van der Waals surface area contributed by atoms with Gasteiger partial charge in [-0.2, -0.15) is 0 Å². The lowest BCUT2D eigenvalue weighted by Gasteiger charge is -2.31. The SMILES string of the molecule is CC1CCCCC1NC(=NCc1cccs1)Nc1ccccc1O. The number of rotatable bonds is 4. The van der Waals surface area contributed by atoms with E-state index in [1.807, 2.05) is 24.3 Å². The Kier molecular flexibility index (Phi) is 5.75. The van der Waals surface area contributed by atoms with Crippen LogP contribution in [0.4, 0.5) is 5.69 Å². The van der Waals surface area contributed by atoms with Crippen molar-refractivity contribution in [3.8, 4) is 5.75 Å². The topological polar surface area (TPSA) is 56.7 Å². The van der Waals surface area contributed by atoms with Crippen LogP contribution in [0.2, 0.25) is 0 Å². The van der Waals surface area contributed by atoms with Gasteiger partial charge in [0, 0.05) is 10.9 Å². The van der Waals surface area contributed by atoms with E-state index in [4.69, 9.17) is 4.99 Å². The van der Waals surface area contributed by atoms with Crippen molar-refractivity contribution in [3.05, 3.63) is 46.7 Å². The van der Waals surface area contributed by atoms with E-state index >= 15 is 0 Å². The lowest BCUT2D eigenvalue weighted by Crippen LogP contribution is -2.44. The van der Waals surface area contributed by atoms with Crippen molar-refractivity contribution in [1.82, 2.24) is 5.32 Å². The minimum Gasteiger partial charge on any atom is -0.506 e. The van der Waals surface area contributed by atoms with Gasteiger partial charge in [0.2, 0.25) is 0 Å². The van der Waals surface area contributed by atoms with Crippen LogP contribution in [0.5, 0.6) is 5.75 Å². The van der Waals surface area contributed by atoms with E-state index in [1.54, 1.807) is 17.4 Å². The number of para-hydroxylation sites is 2. The van der Waals surface area contributed by atoms with Crippen molar-refractivity contribution < 1.29 is 5.11 Å². The summed E-state index contributed by atoms with van der Waals surface area (Å²) in [7, 11) is 0. The molecule has 3 rings (SSSR count). The molecule has 128 valence electrons. The molecular weight excluding hydrogens is 318 g/mol. The average Bonchev–Trinajstić information content (AvgIpc) is 3.10. The Hall–Kier alpha value is -2.01. The molecule has 1 aromatic heterocycles. The van der Waals surface area contributed by atoms with Gasteiger partial charge in [-0.15, -0.1) is 11.3 Å². The van der Waals surface area contributed by atoms with Gasteiger partial charge in [0.05, 0.1) is 12.2 Å². The van der Waals surface area contributed by atoms with E-state index < -0.39 is 0 Å². The van der Waals surface area contributed by atoms with Crippen LogP contribution in [-0.2, 0) is 6.54 Å². The molecule has 24 heavy (non-hydrogen) atoms. The van der Waals surface area contributed by atoms with Gasteiger partial charge in [0.15, 0.2) is 5.96 Å². The second-order valence-electron chi connectivity index (χ2n) is 6.40. The molecule has 4 nitrogen and oxygen atoms in total. The van der Waals surface area contributed by atoms with Gasteiger partial charge in [-0.05, 0) is 42.3 Å². The molecule has 1 aromatic carbocycles. The van der Waals surface area contributed by atoms with Crippen molar-refractivity contribution in [2.24, 2.45) is 10.9 Å². The maximum absolute atomic E-state index is 10.0. The van der Waals surface area contributed by atoms with Crippen LogP contribution in [0.15, 0.2) is 46.8 Å². The van der Waals surface area contributed by atoms with Crippen molar-refractivity contribution in [2.75, 3.05) is 5.32 Å². The number of hydrogen-bond donors (Lipinski definition) is 3. The summed E-state index contributed by atoms with van der Waals surface area (Å²) < 4.78 is 0. The molecule has 0 radical (unpaired) electrons. The van der Waals surface area contributed by atoms with Crippen LogP contribution < -0.4 is 10.6 Å². The van der Waals surface area contributed by atoms with E-state index in [2.05, 4.69) is 29.0 Å². The maximum Gasteiger partial charge on any atom is 0.196 e. The number of aliphatic imine (C=N–C) groups is 1. The van der Waals surface area contributed by atoms with Gasteiger partial charge in [-0.1, -0.05) is 38.0 Å². The molecule has 0 amide bonds. The first-order chi connectivity index (χ1) is 11.7. The number of hydrogen-bond acceptors (Lipinski definition) is 3. The molecule has 0 saturated heterocycles. The molecule has 3 N–H and O–H groups in total. The fourth-order valence-corrected chi connectivity index (χ4v) is 3.72. The smallest absolute Gasteiger partial charge is 0.196 e. The van der Waals surface area contributed by atoms with Crippen LogP contribution in [0.3, 0.4) is 0 Å². The van der Waals surface area contributed by atoms with E-state index in [9.17, 15) is 5.11 Å². The molecule has 2 unspecified atom stereocenters. The average molecular weight is 343 g/mol. The Labute approximate surface area is 147 Å². The highest BCUT2D eigenvalue weighted by atomic mass is 32.1. The molecule has 2 aromatic rings. The molecule has 2 atom stereocenters. The van der Waals surface area contributed by atoms with E-state index in [-0.39, 0.29) is 5.75 Å². The summed E-state index contributed by atoms with van der Waals surface area (Å²) >= 11 is 1.71. The third kappa shape index (κ3) is 4.51. The summed E-state index contributed by atoms with van der Waals surface area (Å²) in [5, 5.41) is 18.9. The third-order valence-corrected chi connectivity index (χ3v) is 5.42. The first kappa shape index (κ1) is 16.8. The number of anilines is 1. The second-order valence-corrected chi connectivity index (χ2v) is 7.43. The van der Waals surface area contributed by atoms with Crippen LogP contribution in [0, 0.1) is 5.92 Å². The minimum absolute atomic E-state index is 0.236. The molecule has 1 heterocycles. The zero-order valence-corrected chi connectivity index (χ0v) is 14.9. The predicted octanol–water partition coefficient (Wildman–Crippen LogP) is 4.59. The fraction of sp³-hybridized carbons (Fsp3) is 0.421. The monoisotopic (exact) mass is 343 g/mol. The molecular formula is C19H25N3OS. The molecule has 0 spiro atoms. The van der Waals surface area contributed by atoms with E-state index in [1.165, 1.54) is 30.6 Å². The summed E-state index contributed by atoms with van der Waals surface area (Å²) in [6.45, 7) is 2.94. The lowest BCUT2D eigenvalue weighted by atomic mass is 9.86. The fourth-order valence-electron chi connectivity index (χ4n) is 3.09. The molecule has 1 aliphatic rings. The lowest BCUT2D eigenvalue weighted by molar-refractivity contribution is 0.308. The van der Waals surface area contributed by atoms with E-state index in [0.29, 0.717) is 24.2 Å². The number of phenolic OH excluding ortho intramolecular Hbond substituents is 1. The molecule has 1 aliphatic carbocycles. The first-order valence-electron chi connectivity index (χ1n) is 8.61. The van der Waals surface area contributed by atoms with Crippen molar-refractivity contribution >= 4 is 23.0 Å².